The number of aromatic carboxylic acids is 1. The molecule has 0 radical (unpaired) electrons. The average molecular weight is 245 g/mol. The van der Waals surface area contributed by atoms with Gasteiger partial charge in [-0.3, -0.25) is 0 Å². The molecule has 1 heterocycles. The summed E-state index contributed by atoms with van der Waals surface area (Å²) in [6, 6.07) is 1.33. The highest BCUT2D eigenvalue weighted by molar-refractivity contribution is 5.90. The highest BCUT2D eigenvalue weighted by atomic mass is 19.4. The van der Waals surface area contributed by atoms with E-state index in [-0.39, 0.29) is 6.61 Å². The number of rotatable bonds is 3. The normalized spacial score (nSPS) is 10.7. The Hall–Kier alpha value is -2.23. The number of carbonyl (C=O) groups is 1. The van der Waals surface area contributed by atoms with Crippen molar-refractivity contribution in [1.82, 2.24) is 4.98 Å². The number of hydrogen-bond donors (Lipinski definition) is 1. The summed E-state index contributed by atoms with van der Waals surface area (Å²) >= 11 is 0. The van der Waals surface area contributed by atoms with Gasteiger partial charge < -0.3 is 9.84 Å². The first-order valence-corrected chi connectivity index (χ1v) is 4.24. The largest absolute Gasteiger partial charge is 0.477 e. The molecule has 4 nitrogen and oxygen atoms in total. The van der Waals surface area contributed by atoms with Crippen LogP contribution in [0.3, 0.4) is 0 Å². The Labute approximate surface area is 94.0 Å². The van der Waals surface area contributed by atoms with E-state index in [1.807, 2.05) is 5.92 Å². The molecule has 0 aromatic carbocycles. The summed E-state index contributed by atoms with van der Waals surface area (Å²) in [6.45, 7) is -0.366. The van der Waals surface area contributed by atoms with Crippen molar-refractivity contribution in [1.29, 1.82) is 0 Å². The zero-order valence-corrected chi connectivity index (χ0v) is 8.28. The zero-order valence-electron chi connectivity index (χ0n) is 8.28. The van der Waals surface area contributed by atoms with E-state index in [0.29, 0.717) is 6.07 Å². The van der Waals surface area contributed by atoms with Crippen LogP contribution >= 0.6 is 0 Å². The molecule has 0 aliphatic rings. The molecular weight excluding hydrogens is 239 g/mol. The van der Waals surface area contributed by atoms with Crippen LogP contribution in [0.4, 0.5) is 13.2 Å². The third kappa shape index (κ3) is 3.11. The molecule has 0 saturated heterocycles. The molecule has 7 heteroatoms. The molecule has 0 aliphatic heterocycles. The third-order valence-corrected chi connectivity index (χ3v) is 1.67. The van der Waals surface area contributed by atoms with Gasteiger partial charge in [-0.2, -0.15) is 13.2 Å². The summed E-state index contributed by atoms with van der Waals surface area (Å²) in [7, 11) is 0. The maximum atomic E-state index is 12.3. The average Bonchev–Trinajstić information content (AvgIpc) is 2.24. The van der Waals surface area contributed by atoms with Gasteiger partial charge in [0.2, 0.25) is 5.88 Å². The Kier molecular flexibility index (Phi) is 3.58. The number of nitrogens with zero attached hydrogens (tertiary/aromatic N) is 1. The molecule has 0 amide bonds. The molecule has 1 aromatic rings. The number of terminal acetylenes is 1. The molecule has 0 aliphatic carbocycles. The summed E-state index contributed by atoms with van der Waals surface area (Å²) < 4.78 is 41.6. The molecule has 0 spiro atoms. The molecule has 1 rings (SSSR count). The van der Waals surface area contributed by atoms with E-state index in [1.54, 1.807) is 0 Å². The zero-order chi connectivity index (χ0) is 13.1. The molecular formula is C10H6F3NO3. The molecule has 0 saturated carbocycles. The van der Waals surface area contributed by atoms with Crippen LogP contribution in [0.15, 0.2) is 12.1 Å². The van der Waals surface area contributed by atoms with E-state index in [4.69, 9.17) is 11.5 Å². The molecule has 0 atom stereocenters. The van der Waals surface area contributed by atoms with Crippen LogP contribution in [0.25, 0.3) is 0 Å². The minimum Gasteiger partial charge on any atom is -0.477 e. The van der Waals surface area contributed by atoms with E-state index in [1.165, 1.54) is 0 Å². The van der Waals surface area contributed by atoms with E-state index >= 15 is 0 Å². The van der Waals surface area contributed by atoms with Crippen LogP contribution < -0.4 is 4.74 Å². The minimum atomic E-state index is -4.68. The summed E-state index contributed by atoms with van der Waals surface area (Å²) in [5, 5.41) is 8.71. The molecule has 0 fully saturated rings. The van der Waals surface area contributed by atoms with Gasteiger partial charge in [0.1, 0.15) is 11.3 Å². The second-order valence-corrected chi connectivity index (χ2v) is 2.84. The lowest BCUT2D eigenvalue weighted by molar-refractivity contribution is -0.141. The van der Waals surface area contributed by atoms with Crippen LogP contribution in [0.5, 0.6) is 5.88 Å². The van der Waals surface area contributed by atoms with Crippen LogP contribution in [-0.4, -0.2) is 22.7 Å². The van der Waals surface area contributed by atoms with Crippen LogP contribution in [0.2, 0.25) is 0 Å². The van der Waals surface area contributed by atoms with Gasteiger partial charge in [-0.25, -0.2) is 9.78 Å². The first-order chi connectivity index (χ1) is 7.86. The van der Waals surface area contributed by atoms with Crippen LogP contribution in [-0.2, 0) is 6.18 Å². The van der Waals surface area contributed by atoms with Crippen molar-refractivity contribution in [3.05, 3.63) is 23.4 Å². The number of alkyl halides is 3. The highest BCUT2D eigenvalue weighted by Crippen LogP contribution is 2.30. The number of halogens is 3. The lowest BCUT2D eigenvalue weighted by atomic mass is 10.2. The molecule has 90 valence electrons. The van der Waals surface area contributed by atoms with E-state index in [9.17, 15) is 18.0 Å². The van der Waals surface area contributed by atoms with Crippen molar-refractivity contribution in [2.24, 2.45) is 0 Å². The number of hydrogen-bond acceptors (Lipinski definition) is 3. The van der Waals surface area contributed by atoms with E-state index in [2.05, 4.69) is 9.72 Å². The van der Waals surface area contributed by atoms with Crippen molar-refractivity contribution in [3.8, 4) is 18.2 Å². The Morgan fingerprint density at radius 3 is 2.65 bits per heavy atom. The molecule has 17 heavy (non-hydrogen) atoms. The fourth-order valence-corrected chi connectivity index (χ4v) is 0.981. The Balaban J connectivity index is 3.20. The maximum absolute atomic E-state index is 12.3. The fraction of sp³-hybridized carbons (Fsp3) is 0.200. The van der Waals surface area contributed by atoms with Crippen LogP contribution in [0, 0.1) is 12.3 Å². The number of pyridine rings is 1. The lowest BCUT2D eigenvalue weighted by Gasteiger charge is -2.09. The molecule has 0 unspecified atom stereocenters. The van der Waals surface area contributed by atoms with Gasteiger partial charge >= 0.3 is 12.1 Å². The summed E-state index contributed by atoms with van der Waals surface area (Å²) in [5.41, 5.74) is -1.72. The van der Waals surface area contributed by atoms with Crippen LogP contribution in [0.1, 0.15) is 16.1 Å². The second kappa shape index (κ2) is 4.74. The standard InChI is InChI=1S/C10H6F3NO3/c1-2-5-17-8-6(9(15)16)3-4-7(14-8)10(11,12)13/h1,3-4H,5H2,(H,15,16). The van der Waals surface area contributed by atoms with Crippen molar-refractivity contribution >= 4 is 5.97 Å². The van der Waals surface area contributed by atoms with Gasteiger partial charge in [-0.1, -0.05) is 5.92 Å². The number of aromatic nitrogens is 1. The number of carboxylic acids is 1. The maximum Gasteiger partial charge on any atom is 0.433 e. The summed E-state index contributed by atoms with van der Waals surface area (Å²) in [4.78, 5) is 13.8. The predicted octanol–water partition coefficient (Wildman–Crippen LogP) is 1.81. The third-order valence-electron chi connectivity index (χ3n) is 1.67. The van der Waals surface area contributed by atoms with E-state index in [0.717, 1.165) is 6.07 Å². The first-order valence-electron chi connectivity index (χ1n) is 4.24. The van der Waals surface area contributed by atoms with Gasteiger partial charge in [0.15, 0.2) is 6.61 Å². The SMILES string of the molecule is C#CCOc1nc(C(F)(F)F)ccc1C(=O)O. The predicted molar refractivity (Wildman–Crippen MR) is 50.5 cm³/mol. The quantitative estimate of drug-likeness (QED) is 0.825. The van der Waals surface area contributed by atoms with Gasteiger partial charge in [0.25, 0.3) is 0 Å². The molecule has 1 aromatic heterocycles. The Morgan fingerprint density at radius 1 is 1.53 bits per heavy atom. The van der Waals surface area contributed by atoms with Crippen molar-refractivity contribution in [2.45, 2.75) is 6.18 Å². The topological polar surface area (TPSA) is 59.4 Å². The lowest BCUT2D eigenvalue weighted by Crippen LogP contribution is -2.12. The van der Waals surface area contributed by atoms with Gasteiger partial charge in [0.05, 0.1) is 0 Å². The molecule has 1 N–H and O–H groups in total. The van der Waals surface area contributed by atoms with Gasteiger partial charge in [-0.05, 0) is 12.1 Å². The van der Waals surface area contributed by atoms with Crippen molar-refractivity contribution < 1.29 is 27.8 Å². The second-order valence-electron chi connectivity index (χ2n) is 2.84. The molecule has 0 bridgehead atoms. The smallest absolute Gasteiger partial charge is 0.433 e. The Bertz CT molecular complexity index is 477. The van der Waals surface area contributed by atoms with E-state index < -0.39 is 29.3 Å². The Morgan fingerprint density at radius 2 is 2.18 bits per heavy atom. The van der Waals surface area contributed by atoms with Gasteiger partial charge in [-0.15, -0.1) is 6.42 Å². The first kappa shape index (κ1) is 12.8. The summed E-state index contributed by atoms with van der Waals surface area (Å²) in [5.74, 6) is -0.0898. The minimum absolute atomic E-state index is 0.366. The highest BCUT2D eigenvalue weighted by Gasteiger charge is 2.33. The monoisotopic (exact) mass is 245 g/mol. The number of ether oxygens (including phenoxy) is 1. The van der Waals surface area contributed by atoms with Crippen molar-refractivity contribution in [2.75, 3.05) is 6.61 Å². The fourth-order valence-electron chi connectivity index (χ4n) is 0.981. The van der Waals surface area contributed by atoms with Crippen molar-refractivity contribution in [3.63, 3.8) is 0 Å². The number of carboxylic acid groups (broad SMARTS) is 1. The summed E-state index contributed by atoms with van der Waals surface area (Å²) in [6.07, 6.45) is 0.179. The van der Waals surface area contributed by atoms with Gasteiger partial charge in [0, 0.05) is 0 Å².